The van der Waals surface area contributed by atoms with Gasteiger partial charge in [-0.15, -0.1) is 11.3 Å². The minimum atomic E-state index is -0.997. The van der Waals surface area contributed by atoms with Crippen molar-refractivity contribution in [1.82, 2.24) is 9.97 Å². The van der Waals surface area contributed by atoms with Gasteiger partial charge in [-0.25, -0.2) is 18.7 Å². The normalized spacial score (nSPS) is 11.5. The number of nitrogens with zero attached hydrogens (tertiary/aromatic N) is 4. The molecule has 0 aliphatic carbocycles. The first-order chi connectivity index (χ1) is 18.8. The summed E-state index contributed by atoms with van der Waals surface area (Å²) in [5, 5.41) is 43.6. The van der Waals surface area contributed by atoms with Crippen LogP contribution in [-0.4, -0.2) is 32.9 Å². The van der Waals surface area contributed by atoms with Crippen LogP contribution in [0.3, 0.4) is 0 Å². The summed E-state index contributed by atoms with van der Waals surface area (Å²) in [7, 11) is 0. The molecule has 0 saturated carbocycles. The maximum absolute atomic E-state index is 14.0. The van der Waals surface area contributed by atoms with Gasteiger partial charge in [-0.1, -0.05) is 42.1 Å². The number of nitriles is 2. The average molecular weight is 565 g/mol. The maximum Gasteiger partial charge on any atom is 0.187 e. The third kappa shape index (κ3) is 6.50. The number of thiazole rings is 1. The molecule has 12 heteroatoms. The van der Waals surface area contributed by atoms with Crippen LogP contribution in [0.15, 0.2) is 52.9 Å². The number of hydrogen-bond acceptors (Lipinski definition) is 10. The molecular formula is C27H22F2N6O2S2. The fraction of sp³-hybridized carbons (Fsp3) is 0.185. The summed E-state index contributed by atoms with van der Waals surface area (Å²) < 4.78 is 27.5. The second-order valence-electron chi connectivity index (χ2n) is 8.38. The van der Waals surface area contributed by atoms with E-state index in [9.17, 15) is 24.4 Å². The quantitative estimate of drug-likeness (QED) is 0.192. The first kappa shape index (κ1) is 28.0. The summed E-state index contributed by atoms with van der Waals surface area (Å²) in [5.74, 6) is -1.66. The highest BCUT2D eigenvalue weighted by atomic mass is 32.2. The number of rotatable bonds is 10. The Morgan fingerprint density at radius 1 is 1.08 bits per heavy atom. The standard InChI is InChI=1S/C27H22F2N6O2S2/c28-21-2-1-3-22(24(21)29)34-27-33-17(14-39-27)13-38-26-20(11-31)23(19(10-30)25(32)35-26)16-7-4-15(5-8-16)6-9-18(37)12-36/h1-5,7-8,14,18,36-37H,6,9,12-13H2,(H2,32,35)(H,33,34)/t18-/m1/s1. The van der Waals surface area contributed by atoms with Crippen LogP contribution in [0.4, 0.5) is 25.4 Å². The topological polar surface area (TPSA) is 152 Å². The van der Waals surface area contributed by atoms with Crippen LogP contribution in [0.25, 0.3) is 11.1 Å². The van der Waals surface area contributed by atoms with E-state index in [-0.39, 0.29) is 29.2 Å². The molecule has 2 aromatic carbocycles. The number of nitrogen functional groups attached to an aromatic ring is 1. The van der Waals surface area contributed by atoms with Gasteiger partial charge in [0.15, 0.2) is 16.8 Å². The first-order valence-corrected chi connectivity index (χ1v) is 13.5. The van der Waals surface area contributed by atoms with E-state index >= 15 is 0 Å². The monoisotopic (exact) mass is 564 g/mol. The highest BCUT2D eigenvalue weighted by Gasteiger charge is 2.21. The maximum atomic E-state index is 14.0. The Bertz CT molecular complexity index is 1560. The van der Waals surface area contributed by atoms with E-state index in [4.69, 9.17) is 10.8 Å². The van der Waals surface area contributed by atoms with E-state index in [0.29, 0.717) is 45.6 Å². The van der Waals surface area contributed by atoms with Crippen molar-refractivity contribution in [1.29, 1.82) is 10.5 Å². The predicted molar refractivity (Wildman–Crippen MR) is 146 cm³/mol. The summed E-state index contributed by atoms with van der Waals surface area (Å²) >= 11 is 2.43. The average Bonchev–Trinajstić information content (AvgIpc) is 3.40. The number of thioether (sulfide) groups is 1. The Balaban J connectivity index is 1.56. The van der Waals surface area contributed by atoms with Crippen molar-refractivity contribution in [2.24, 2.45) is 0 Å². The van der Waals surface area contributed by atoms with Crippen molar-refractivity contribution in [3.8, 4) is 23.3 Å². The molecule has 5 N–H and O–H groups in total. The lowest BCUT2D eigenvalue weighted by Gasteiger charge is -2.13. The Morgan fingerprint density at radius 2 is 1.82 bits per heavy atom. The van der Waals surface area contributed by atoms with Crippen LogP contribution in [-0.2, 0) is 12.2 Å². The van der Waals surface area contributed by atoms with E-state index in [1.807, 2.05) is 12.1 Å². The van der Waals surface area contributed by atoms with Gasteiger partial charge in [0.05, 0.1) is 29.7 Å². The van der Waals surface area contributed by atoms with Crippen LogP contribution in [0.5, 0.6) is 0 Å². The van der Waals surface area contributed by atoms with E-state index in [1.165, 1.54) is 35.2 Å². The van der Waals surface area contributed by atoms with Gasteiger partial charge in [-0.05, 0) is 36.1 Å². The van der Waals surface area contributed by atoms with Crippen molar-refractivity contribution in [3.63, 3.8) is 0 Å². The predicted octanol–water partition coefficient (Wildman–Crippen LogP) is 5.13. The SMILES string of the molecule is N#Cc1c(N)nc(SCc2csc(Nc3cccc(F)c3F)n2)c(C#N)c1-c1ccc(CC[C@@H](O)CO)cc1. The molecule has 0 radical (unpaired) electrons. The number of nitrogens with two attached hydrogens (primary N) is 1. The largest absolute Gasteiger partial charge is 0.394 e. The van der Waals surface area contributed by atoms with Crippen molar-refractivity contribution in [2.75, 3.05) is 17.7 Å². The minimum Gasteiger partial charge on any atom is -0.394 e. The van der Waals surface area contributed by atoms with Gasteiger partial charge < -0.3 is 21.3 Å². The minimum absolute atomic E-state index is 0.00800. The lowest BCUT2D eigenvalue weighted by atomic mass is 9.95. The number of nitrogens with one attached hydrogen (secondary N) is 1. The number of aliphatic hydroxyl groups is 2. The number of halogens is 2. The van der Waals surface area contributed by atoms with Gasteiger partial charge in [0.1, 0.15) is 28.5 Å². The van der Waals surface area contributed by atoms with E-state index in [2.05, 4.69) is 27.4 Å². The molecule has 4 rings (SSSR count). The third-order valence-corrected chi connectivity index (χ3v) is 7.55. The molecule has 4 aromatic rings. The zero-order valence-electron chi connectivity index (χ0n) is 20.4. The fourth-order valence-corrected chi connectivity index (χ4v) is 5.46. The number of aryl methyl sites for hydroxylation is 1. The van der Waals surface area contributed by atoms with Crippen molar-refractivity contribution >= 4 is 39.7 Å². The Labute approximate surface area is 231 Å². The highest BCUT2D eigenvalue weighted by Crippen LogP contribution is 2.37. The number of aliphatic hydroxyl groups excluding tert-OH is 2. The molecule has 0 aliphatic heterocycles. The second-order valence-corrected chi connectivity index (χ2v) is 10.2. The van der Waals surface area contributed by atoms with E-state index < -0.39 is 17.7 Å². The Kier molecular flexibility index (Phi) is 9.07. The lowest BCUT2D eigenvalue weighted by Crippen LogP contribution is -2.12. The molecule has 0 spiro atoms. The summed E-state index contributed by atoms with van der Waals surface area (Å²) in [4.78, 5) is 8.70. The van der Waals surface area contributed by atoms with Crippen LogP contribution in [0.2, 0.25) is 0 Å². The van der Waals surface area contributed by atoms with Gasteiger partial charge in [-0.2, -0.15) is 10.5 Å². The number of aromatic nitrogens is 2. The molecule has 0 saturated heterocycles. The Morgan fingerprint density at radius 3 is 2.51 bits per heavy atom. The smallest absolute Gasteiger partial charge is 0.187 e. The molecule has 0 amide bonds. The number of benzene rings is 2. The summed E-state index contributed by atoms with van der Waals surface area (Å²) in [6.07, 6.45) is 0.150. The molecule has 1 atom stereocenters. The molecular weight excluding hydrogens is 542 g/mol. The summed E-state index contributed by atoms with van der Waals surface area (Å²) in [6.45, 7) is -0.309. The zero-order valence-corrected chi connectivity index (χ0v) is 22.0. The van der Waals surface area contributed by atoms with Crippen LogP contribution in [0, 0.1) is 34.3 Å². The molecule has 198 valence electrons. The van der Waals surface area contributed by atoms with Gasteiger partial charge in [-0.3, -0.25) is 0 Å². The number of hydrogen-bond donors (Lipinski definition) is 4. The van der Waals surface area contributed by atoms with Crippen molar-refractivity contribution in [2.45, 2.75) is 29.7 Å². The lowest BCUT2D eigenvalue weighted by molar-refractivity contribution is 0.0886. The van der Waals surface area contributed by atoms with Gasteiger partial charge in [0.2, 0.25) is 0 Å². The highest BCUT2D eigenvalue weighted by molar-refractivity contribution is 7.98. The van der Waals surface area contributed by atoms with E-state index in [1.54, 1.807) is 17.5 Å². The van der Waals surface area contributed by atoms with Crippen molar-refractivity contribution in [3.05, 3.63) is 81.9 Å². The second kappa shape index (κ2) is 12.7. The molecule has 39 heavy (non-hydrogen) atoms. The number of pyridine rings is 1. The van der Waals surface area contributed by atoms with Crippen LogP contribution >= 0.6 is 23.1 Å². The van der Waals surface area contributed by atoms with Crippen LogP contribution in [0.1, 0.15) is 28.8 Å². The first-order valence-electron chi connectivity index (χ1n) is 11.6. The number of anilines is 3. The molecule has 8 nitrogen and oxygen atoms in total. The molecule has 0 aliphatic rings. The molecule has 0 unspecified atom stereocenters. The van der Waals surface area contributed by atoms with Gasteiger partial charge in [0.25, 0.3) is 0 Å². The summed E-state index contributed by atoms with van der Waals surface area (Å²) in [6, 6.07) is 15.2. The van der Waals surface area contributed by atoms with Crippen LogP contribution < -0.4 is 11.1 Å². The molecule has 2 aromatic heterocycles. The van der Waals surface area contributed by atoms with E-state index in [0.717, 1.165) is 11.6 Å². The van der Waals surface area contributed by atoms with Gasteiger partial charge >= 0.3 is 0 Å². The zero-order chi connectivity index (χ0) is 27.9. The molecule has 2 heterocycles. The van der Waals surface area contributed by atoms with Gasteiger partial charge in [0, 0.05) is 16.7 Å². The summed E-state index contributed by atoms with van der Waals surface area (Å²) in [5.41, 5.74) is 8.90. The third-order valence-electron chi connectivity index (χ3n) is 5.74. The fourth-order valence-electron chi connectivity index (χ4n) is 3.74. The molecule has 0 bridgehead atoms. The Hall–Kier alpha value is -4.07. The van der Waals surface area contributed by atoms with Crippen molar-refractivity contribution < 1.29 is 19.0 Å². The molecule has 0 fully saturated rings.